The highest BCUT2D eigenvalue weighted by atomic mass is 16.4. The average molecular weight is 371 g/mol. The van der Waals surface area contributed by atoms with Gasteiger partial charge in [-0.05, 0) is 52.1 Å². The summed E-state index contributed by atoms with van der Waals surface area (Å²) in [5.41, 5.74) is 5.43. The Kier molecular flexibility index (Phi) is 9.60. The lowest BCUT2D eigenvalue weighted by Gasteiger charge is -2.22. The number of aliphatic carboxylic acids is 1. The molecule has 1 fully saturated rings. The first-order valence-corrected chi connectivity index (χ1v) is 8.88. The molecule has 7 N–H and O–H groups in total. The van der Waals surface area contributed by atoms with E-state index in [0.717, 1.165) is 19.4 Å². The fourth-order valence-electron chi connectivity index (χ4n) is 2.63. The van der Waals surface area contributed by atoms with Crippen LogP contribution in [0.25, 0.3) is 0 Å². The fraction of sp³-hybridized carbons (Fsp3) is 0.750. The molecule has 1 heterocycles. The summed E-state index contributed by atoms with van der Waals surface area (Å²) in [7, 11) is 0. The zero-order valence-corrected chi connectivity index (χ0v) is 15.0. The molecule has 3 unspecified atom stereocenters. The largest absolute Gasteiger partial charge is 0.480 e. The van der Waals surface area contributed by atoms with Crippen LogP contribution < -0.4 is 27.0 Å². The Bertz CT molecular complexity index is 507. The molecule has 0 aromatic rings. The van der Waals surface area contributed by atoms with Crippen molar-refractivity contribution in [3.05, 3.63) is 0 Å². The Morgan fingerprint density at radius 3 is 2.50 bits per heavy atom. The number of rotatable bonds is 11. The zero-order chi connectivity index (χ0) is 19.5. The summed E-state index contributed by atoms with van der Waals surface area (Å²) < 4.78 is 0. The molecule has 26 heavy (non-hydrogen) atoms. The lowest BCUT2D eigenvalue weighted by atomic mass is 10.1. The second-order valence-corrected chi connectivity index (χ2v) is 6.34. The molecule has 0 spiro atoms. The number of nitrogens with one attached hydrogen (secondary N) is 4. The Labute approximate surface area is 152 Å². The van der Waals surface area contributed by atoms with Crippen LogP contribution in [-0.2, 0) is 19.2 Å². The summed E-state index contributed by atoms with van der Waals surface area (Å²) in [6.45, 7) is 2.24. The van der Waals surface area contributed by atoms with Crippen molar-refractivity contribution in [1.29, 1.82) is 0 Å². The van der Waals surface area contributed by atoms with Crippen molar-refractivity contribution >= 4 is 23.7 Å². The summed E-state index contributed by atoms with van der Waals surface area (Å²) in [5, 5.41) is 19.2. The monoisotopic (exact) mass is 371 g/mol. The van der Waals surface area contributed by atoms with E-state index in [1.165, 1.54) is 6.92 Å². The van der Waals surface area contributed by atoms with Gasteiger partial charge in [-0.25, -0.2) is 0 Å². The van der Waals surface area contributed by atoms with Gasteiger partial charge < -0.3 is 32.1 Å². The third-order valence-electron chi connectivity index (χ3n) is 4.12. The van der Waals surface area contributed by atoms with Gasteiger partial charge in [0.15, 0.2) is 0 Å². The summed E-state index contributed by atoms with van der Waals surface area (Å²) in [5.74, 6) is -2.50. The molecule has 1 aliphatic heterocycles. The second-order valence-electron chi connectivity index (χ2n) is 6.34. The number of carboxylic acids is 1. The molecule has 148 valence electrons. The molecule has 0 aliphatic carbocycles. The molecule has 1 aliphatic rings. The van der Waals surface area contributed by atoms with Gasteiger partial charge in [-0.3, -0.25) is 19.2 Å². The third-order valence-corrected chi connectivity index (χ3v) is 4.12. The maximum absolute atomic E-state index is 12.3. The van der Waals surface area contributed by atoms with Crippen LogP contribution >= 0.6 is 0 Å². The van der Waals surface area contributed by atoms with Crippen molar-refractivity contribution in [1.82, 2.24) is 21.3 Å². The van der Waals surface area contributed by atoms with E-state index in [1.54, 1.807) is 0 Å². The standard InChI is InChI=1S/C16H29N5O5/c1-10(20-16(26)11-6-4-8-18-11)14(24)21-12(5-2-3-7-17)15(25)19-9-13(22)23/h10-12,18H,2-9,17H2,1H3,(H,19,25)(H,20,26)(H,21,24)(H,22,23). The Hall–Kier alpha value is -2.20. The zero-order valence-electron chi connectivity index (χ0n) is 15.0. The predicted octanol–water partition coefficient (Wildman–Crippen LogP) is -1.94. The van der Waals surface area contributed by atoms with E-state index in [0.29, 0.717) is 25.8 Å². The number of amides is 3. The second kappa shape index (κ2) is 11.4. The number of carboxylic acid groups (broad SMARTS) is 1. The summed E-state index contributed by atoms with van der Waals surface area (Å²) in [4.78, 5) is 47.1. The van der Waals surface area contributed by atoms with E-state index in [1.807, 2.05) is 0 Å². The van der Waals surface area contributed by atoms with E-state index in [4.69, 9.17) is 10.8 Å². The van der Waals surface area contributed by atoms with Gasteiger partial charge >= 0.3 is 5.97 Å². The first-order chi connectivity index (χ1) is 12.3. The molecule has 0 aromatic carbocycles. The van der Waals surface area contributed by atoms with Crippen molar-refractivity contribution in [2.24, 2.45) is 5.73 Å². The van der Waals surface area contributed by atoms with E-state index < -0.39 is 36.4 Å². The maximum atomic E-state index is 12.3. The summed E-state index contributed by atoms with van der Waals surface area (Å²) in [6.07, 6.45) is 3.25. The van der Waals surface area contributed by atoms with Gasteiger partial charge in [-0.15, -0.1) is 0 Å². The molecule has 0 saturated carbocycles. The number of carbonyl (C=O) groups excluding carboxylic acids is 3. The summed E-state index contributed by atoms with van der Waals surface area (Å²) in [6, 6.07) is -1.99. The van der Waals surface area contributed by atoms with Crippen LogP contribution in [0.4, 0.5) is 0 Å². The van der Waals surface area contributed by atoms with Crippen molar-refractivity contribution in [3.63, 3.8) is 0 Å². The third kappa shape index (κ3) is 7.79. The van der Waals surface area contributed by atoms with Crippen LogP contribution in [0.1, 0.15) is 39.0 Å². The Morgan fingerprint density at radius 2 is 1.92 bits per heavy atom. The minimum Gasteiger partial charge on any atom is -0.480 e. The topological polar surface area (TPSA) is 163 Å². The van der Waals surface area contributed by atoms with E-state index in [9.17, 15) is 19.2 Å². The highest BCUT2D eigenvalue weighted by Crippen LogP contribution is 2.05. The van der Waals surface area contributed by atoms with Crippen molar-refractivity contribution < 1.29 is 24.3 Å². The minimum atomic E-state index is -1.17. The van der Waals surface area contributed by atoms with Crippen LogP contribution in [0.2, 0.25) is 0 Å². The first-order valence-electron chi connectivity index (χ1n) is 8.88. The highest BCUT2D eigenvalue weighted by Gasteiger charge is 2.27. The van der Waals surface area contributed by atoms with Crippen LogP contribution in [0, 0.1) is 0 Å². The smallest absolute Gasteiger partial charge is 0.322 e. The van der Waals surface area contributed by atoms with E-state index >= 15 is 0 Å². The predicted molar refractivity (Wildman–Crippen MR) is 94.1 cm³/mol. The van der Waals surface area contributed by atoms with Gasteiger partial charge in [0.2, 0.25) is 17.7 Å². The average Bonchev–Trinajstić information content (AvgIpc) is 3.13. The van der Waals surface area contributed by atoms with Crippen molar-refractivity contribution in [2.75, 3.05) is 19.6 Å². The summed E-state index contributed by atoms with van der Waals surface area (Å²) >= 11 is 0. The van der Waals surface area contributed by atoms with Gasteiger partial charge in [-0.2, -0.15) is 0 Å². The lowest BCUT2D eigenvalue weighted by molar-refractivity contribution is -0.138. The molecule has 3 amide bonds. The molecule has 0 aromatic heterocycles. The van der Waals surface area contributed by atoms with Gasteiger partial charge in [0.25, 0.3) is 0 Å². The molecule has 10 nitrogen and oxygen atoms in total. The Morgan fingerprint density at radius 1 is 1.19 bits per heavy atom. The van der Waals surface area contributed by atoms with Gasteiger partial charge in [0, 0.05) is 0 Å². The van der Waals surface area contributed by atoms with Gasteiger partial charge in [0.05, 0.1) is 6.04 Å². The lowest BCUT2D eigenvalue weighted by Crippen LogP contribution is -2.55. The van der Waals surface area contributed by atoms with E-state index in [-0.39, 0.29) is 11.9 Å². The number of unbranched alkanes of at least 4 members (excludes halogenated alkanes) is 1. The molecule has 3 atom stereocenters. The number of nitrogens with two attached hydrogens (primary N) is 1. The molecule has 0 radical (unpaired) electrons. The number of hydrogen-bond donors (Lipinski definition) is 6. The van der Waals surface area contributed by atoms with Crippen molar-refractivity contribution in [2.45, 2.75) is 57.2 Å². The molecule has 1 rings (SSSR count). The minimum absolute atomic E-state index is 0.250. The SMILES string of the molecule is CC(NC(=O)C1CCCN1)C(=O)NC(CCCCN)C(=O)NCC(=O)O. The van der Waals surface area contributed by atoms with Crippen LogP contribution in [0.3, 0.4) is 0 Å². The molecular weight excluding hydrogens is 342 g/mol. The Balaban J connectivity index is 2.56. The van der Waals surface area contributed by atoms with Crippen LogP contribution in [-0.4, -0.2) is 66.6 Å². The molecule has 0 bridgehead atoms. The maximum Gasteiger partial charge on any atom is 0.322 e. The van der Waals surface area contributed by atoms with Crippen LogP contribution in [0.5, 0.6) is 0 Å². The van der Waals surface area contributed by atoms with Crippen LogP contribution in [0.15, 0.2) is 0 Å². The first kappa shape index (κ1) is 21.8. The fourth-order valence-corrected chi connectivity index (χ4v) is 2.63. The van der Waals surface area contributed by atoms with E-state index in [2.05, 4.69) is 21.3 Å². The normalized spacial score (nSPS) is 18.6. The molecular formula is C16H29N5O5. The van der Waals surface area contributed by atoms with Crippen molar-refractivity contribution in [3.8, 4) is 0 Å². The quantitative estimate of drug-likeness (QED) is 0.230. The number of hydrogen-bond acceptors (Lipinski definition) is 6. The van der Waals surface area contributed by atoms with Gasteiger partial charge in [-0.1, -0.05) is 0 Å². The highest BCUT2D eigenvalue weighted by molar-refractivity contribution is 5.93. The molecule has 1 saturated heterocycles. The molecule has 10 heteroatoms. The number of carbonyl (C=O) groups is 4. The van der Waals surface area contributed by atoms with Gasteiger partial charge in [0.1, 0.15) is 18.6 Å².